The molecule has 1 rings (SSSR count). The fraction of sp³-hybridized carbons (Fsp3) is 0.125. The Labute approximate surface area is 72.8 Å². The summed E-state index contributed by atoms with van der Waals surface area (Å²) in [5.74, 6) is -3.42. The first-order valence-corrected chi connectivity index (χ1v) is 3.36. The number of hydrogen-bond acceptors (Lipinski definition) is 3. The van der Waals surface area contributed by atoms with Crippen molar-refractivity contribution in [2.75, 3.05) is 7.11 Å². The molecule has 0 N–H and O–H groups in total. The van der Waals surface area contributed by atoms with Crippen molar-refractivity contribution in [2.45, 2.75) is 0 Å². The minimum absolute atomic E-state index is 0.498. The van der Waals surface area contributed by atoms with Gasteiger partial charge in [0.25, 0.3) is 0 Å². The molecule has 0 aliphatic rings. The van der Waals surface area contributed by atoms with Gasteiger partial charge in [-0.1, -0.05) is 6.07 Å². The van der Waals surface area contributed by atoms with E-state index in [1.54, 1.807) is 0 Å². The van der Waals surface area contributed by atoms with Crippen molar-refractivity contribution in [2.24, 2.45) is 0 Å². The summed E-state index contributed by atoms with van der Waals surface area (Å²) in [5.41, 5.74) is -0.498. The Balaban J connectivity index is 3.01. The fourth-order valence-electron chi connectivity index (χ4n) is 0.782. The predicted octanol–water partition coefficient (Wildman–Crippen LogP) is 1.68. The maximum atomic E-state index is 12.8. The van der Waals surface area contributed by atoms with E-state index in [9.17, 15) is 13.6 Å². The molecule has 0 fully saturated rings. The number of carbonyl (C=O) groups is 1. The van der Waals surface area contributed by atoms with Gasteiger partial charge in [-0.25, -0.2) is 13.6 Å². The average Bonchev–Trinajstić information content (AvgIpc) is 2.10. The van der Waals surface area contributed by atoms with E-state index in [2.05, 4.69) is 9.78 Å². The third kappa shape index (κ3) is 2.00. The average molecular weight is 188 g/mol. The van der Waals surface area contributed by atoms with Gasteiger partial charge in [-0.15, -0.1) is 0 Å². The minimum atomic E-state index is -1.25. The van der Waals surface area contributed by atoms with E-state index in [0.29, 0.717) is 0 Å². The highest BCUT2D eigenvalue weighted by molar-refractivity contribution is 5.89. The molecule has 0 amide bonds. The molecule has 0 spiro atoms. The van der Waals surface area contributed by atoms with Gasteiger partial charge in [-0.05, 0) is 12.1 Å². The summed E-state index contributed by atoms with van der Waals surface area (Å²) < 4.78 is 25.4. The normalized spacial score (nSPS) is 9.77. The molecule has 0 saturated carbocycles. The lowest BCUT2D eigenvalue weighted by Gasteiger charge is -2.00. The quantitative estimate of drug-likeness (QED) is 0.523. The molecule has 1 aromatic carbocycles. The molecule has 0 radical (unpaired) electrons. The van der Waals surface area contributed by atoms with E-state index in [1.165, 1.54) is 6.07 Å². The summed E-state index contributed by atoms with van der Waals surface area (Å²) in [6.45, 7) is 0. The minimum Gasteiger partial charge on any atom is -0.293 e. The highest BCUT2D eigenvalue weighted by Crippen LogP contribution is 2.12. The molecule has 0 saturated heterocycles. The second-order valence-corrected chi connectivity index (χ2v) is 2.14. The number of hydrogen-bond donors (Lipinski definition) is 0. The van der Waals surface area contributed by atoms with Crippen LogP contribution in [0, 0.1) is 11.6 Å². The largest absolute Gasteiger partial charge is 0.376 e. The molecule has 70 valence electrons. The highest BCUT2D eigenvalue weighted by Gasteiger charge is 2.16. The number of benzene rings is 1. The van der Waals surface area contributed by atoms with Crippen LogP contribution in [-0.4, -0.2) is 13.1 Å². The summed E-state index contributed by atoms with van der Waals surface area (Å²) in [5, 5.41) is 0. The van der Waals surface area contributed by atoms with Crippen molar-refractivity contribution in [3.63, 3.8) is 0 Å². The van der Waals surface area contributed by atoms with Gasteiger partial charge < -0.3 is 0 Å². The first-order valence-electron chi connectivity index (χ1n) is 3.36. The summed E-state index contributed by atoms with van der Waals surface area (Å²) >= 11 is 0. The summed E-state index contributed by atoms with van der Waals surface area (Å²) in [6.07, 6.45) is 0. The third-order valence-electron chi connectivity index (χ3n) is 1.33. The standard InChI is InChI=1S/C8H6F2O3/c1-12-13-8(11)5-3-2-4-6(9)7(5)10/h2-4H,1H3. The number of halogens is 2. The monoisotopic (exact) mass is 188 g/mol. The topological polar surface area (TPSA) is 35.5 Å². The van der Waals surface area contributed by atoms with Crippen molar-refractivity contribution < 1.29 is 23.4 Å². The molecule has 0 unspecified atom stereocenters. The zero-order chi connectivity index (χ0) is 9.84. The van der Waals surface area contributed by atoms with Crippen molar-refractivity contribution in [1.82, 2.24) is 0 Å². The van der Waals surface area contributed by atoms with Gasteiger partial charge in [0.2, 0.25) is 0 Å². The maximum Gasteiger partial charge on any atom is 0.376 e. The van der Waals surface area contributed by atoms with Crippen molar-refractivity contribution in [3.8, 4) is 0 Å². The second kappa shape index (κ2) is 3.95. The smallest absolute Gasteiger partial charge is 0.293 e. The molecule has 1 aromatic rings. The Morgan fingerprint density at radius 3 is 2.69 bits per heavy atom. The molecular weight excluding hydrogens is 182 g/mol. The maximum absolute atomic E-state index is 12.8. The highest BCUT2D eigenvalue weighted by atomic mass is 19.2. The van der Waals surface area contributed by atoms with E-state index in [0.717, 1.165) is 19.2 Å². The molecule has 3 nitrogen and oxygen atoms in total. The van der Waals surface area contributed by atoms with Gasteiger partial charge in [-0.3, -0.25) is 4.89 Å². The van der Waals surface area contributed by atoms with Crippen LogP contribution in [0.1, 0.15) is 10.4 Å². The molecule has 0 atom stereocenters. The van der Waals surface area contributed by atoms with Crippen molar-refractivity contribution in [1.29, 1.82) is 0 Å². The zero-order valence-electron chi connectivity index (χ0n) is 6.71. The van der Waals surface area contributed by atoms with Gasteiger partial charge in [-0.2, -0.15) is 4.89 Å². The van der Waals surface area contributed by atoms with Crippen LogP contribution in [0.25, 0.3) is 0 Å². The van der Waals surface area contributed by atoms with Gasteiger partial charge in [0.1, 0.15) is 5.56 Å². The van der Waals surface area contributed by atoms with Crippen LogP contribution < -0.4 is 0 Å². The summed E-state index contributed by atoms with van der Waals surface area (Å²) in [4.78, 5) is 18.9. The van der Waals surface area contributed by atoms with Gasteiger partial charge >= 0.3 is 5.97 Å². The molecule has 0 aromatic heterocycles. The molecule has 0 aliphatic heterocycles. The van der Waals surface area contributed by atoms with Crippen LogP contribution in [0.3, 0.4) is 0 Å². The molecule has 0 heterocycles. The van der Waals surface area contributed by atoms with Gasteiger partial charge in [0, 0.05) is 0 Å². The Morgan fingerprint density at radius 1 is 1.38 bits per heavy atom. The summed E-state index contributed by atoms with van der Waals surface area (Å²) in [6, 6.07) is 3.20. The molecule has 13 heavy (non-hydrogen) atoms. The zero-order valence-corrected chi connectivity index (χ0v) is 6.71. The van der Waals surface area contributed by atoms with E-state index < -0.39 is 23.2 Å². The van der Waals surface area contributed by atoms with Gasteiger partial charge in [0.05, 0.1) is 7.11 Å². The first-order chi connectivity index (χ1) is 6.16. The van der Waals surface area contributed by atoms with Crippen molar-refractivity contribution >= 4 is 5.97 Å². The Morgan fingerprint density at radius 2 is 2.08 bits per heavy atom. The first kappa shape index (κ1) is 9.60. The fourth-order valence-corrected chi connectivity index (χ4v) is 0.782. The summed E-state index contributed by atoms with van der Waals surface area (Å²) in [7, 11) is 1.09. The molecular formula is C8H6F2O3. The lowest BCUT2D eigenvalue weighted by atomic mass is 10.2. The van der Waals surface area contributed by atoms with Crippen LogP contribution in [0.5, 0.6) is 0 Å². The molecule has 0 aliphatic carbocycles. The lowest BCUT2D eigenvalue weighted by molar-refractivity contribution is -0.216. The predicted molar refractivity (Wildman–Crippen MR) is 38.8 cm³/mol. The lowest BCUT2D eigenvalue weighted by Crippen LogP contribution is -2.07. The Hall–Kier alpha value is -1.49. The number of rotatable bonds is 2. The van der Waals surface area contributed by atoms with E-state index >= 15 is 0 Å². The molecule has 5 heteroatoms. The van der Waals surface area contributed by atoms with E-state index in [-0.39, 0.29) is 0 Å². The van der Waals surface area contributed by atoms with Crippen LogP contribution in [-0.2, 0) is 9.78 Å². The van der Waals surface area contributed by atoms with Crippen LogP contribution in [0.15, 0.2) is 18.2 Å². The van der Waals surface area contributed by atoms with Crippen LogP contribution >= 0.6 is 0 Å². The van der Waals surface area contributed by atoms with E-state index in [4.69, 9.17) is 0 Å². The van der Waals surface area contributed by atoms with E-state index in [1.807, 2.05) is 0 Å². The SMILES string of the molecule is COOC(=O)c1cccc(F)c1F. The number of carbonyl (C=O) groups excluding carboxylic acids is 1. The van der Waals surface area contributed by atoms with Crippen molar-refractivity contribution in [3.05, 3.63) is 35.4 Å². The molecule has 0 bridgehead atoms. The Kier molecular flexibility index (Phi) is 2.92. The Bertz CT molecular complexity index is 325. The second-order valence-electron chi connectivity index (χ2n) is 2.14. The van der Waals surface area contributed by atoms with Gasteiger partial charge in [0.15, 0.2) is 11.6 Å². The third-order valence-corrected chi connectivity index (χ3v) is 1.33. The van der Waals surface area contributed by atoms with Crippen LogP contribution in [0.4, 0.5) is 8.78 Å². The van der Waals surface area contributed by atoms with Crippen LogP contribution in [0.2, 0.25) is 0 Å².